The van der Waals surface area contributed by atoms with Crippen LogP contribution >= 0.6 is 0 Å². The predicted molar refractivity (Wildman–Crippen MR) is 71.9 cm³/mol. The molecule has 1 aliphatic rings. The van der Waals surface area contributed by atoms with E-state index in [1.54, 1.807) is 0 Å². The molecule has 1 aromatic rings. The van der Waals surface area contributed by atoms with Gasteiger partial charge in [-0.3, -0.25) is 4.79 Å². The van der Waals surface area contributed by atoms with Gasteiger partial charge in [0.25, 0.3) is 0 Å². The molecule has 1 aromatic carbocycles. The average Bonchev–Trinajstić information content (AvgIpc) is 2.83. The molecule has 1 unspecified atom stereocenters. The van der Waals surface area contributed by atoms with Crippen LogP contribution in [0.3, 0.4) is 0 Å². The van der Waals surface area contributed by atoms with E-state index in [2.05, 4.69) is 24.4 Å². The molecule has 1 heterocycles. The van der Waals surface area contributed by atoms with Crippen LogP contribution in [0.25, 0.3) is 0 Å². The van der Waals surface area contributed by atoms with E-state index in [1.165, 1.54) is 11.1 Å². The summed E-state index contributed by atoms with van der Waals surface area (Å²) in [5.41, 5.74) is 2.49. The first-order valence-electron chi connectivity index (χ1n) is 6.73. The van der Waals surface area contributed by atoms with Crippen molar-refractivity contribution in [3.05, 3.63) is 29.3 Å². The van der Waals surface area contributed by atoms with E-state index in [4.69, 9.17) is 4.74 Å². The van der Waals surface area contributed by atoms with Crippen molar-refractivity contribution in [3.8, 4) is 5.75 Å². The molecular formula is C15H21NO2. The van der Waals surface area contributed by atoms with Gasteiger partial charge in [-0.1, -0.05) is 19.1 Å². The number of fused-ring (bicyclic) bond motifs is 1. The fourth-order valence-electron chi connectivity index (χ4n) is 2.10. The molecule has 0 aromatic heterocycles. The van der Waals surface area contributed by atoms with E-state index in [9.17, 15) is 4.79 Å². The Hall–Kier alpha value is -1.51. The van der Waals surface area contributed by atoms with Crippen molar-refractivity contribution in [2.24, 2.45) is 0 Å². The van der Waals surface area contributed by atoms with Crippen molar-refractivity contribution in [2.75, 3.05) is 6.61 Å². The molecule has 0 spiro atoms. The van der Waals surface area contributed by atoms with Crippen LogP contribution in [0.2, 0.25) is 0 Å². The quantitative estimate of drug-likeness (QED) is 0.868. The molecule has 0 bridgehead atoms. The van der Waals surface area contributed by atoms with Crippen LogP contribution in [0.15, 0.2) is 18.2 Å². The minimum atomic E-state index is 0.140. The first kappa shape index (κ1) is 12.9. The van der Waals surface area contributed by atoms with Crippen LogP contribution in [0.4, 0.5) is 0 Å². The summed E-state index contributed by atoms with van der Waals surface area (Å²) >= 11 is 0. The molecule has 0 aliphatic carbocycles. The lowest BCUT2D eigenvalue weighted by Gasteiger charge is -2.11. The van der Waals surface area contributed by atoms with Crippen LogP contribution in [-0.4, -0.2) is 18.6 Å². The monoisotopic (exact) mass is 247 g/mol. The topological polar surface area (TPSA) is 38.3 Å². The highest BCUT2D eigenvalue weighted by Gasteiger charge is 2.12. The Balaban J connectivity index is 1.85. The molecule has 3 heteroatoms. The SMILES string of the molecule is CCC(C)NC(=O)CCc1ccc2c(c1)CCO2. The third kappa shape index (κ3) is 3.25. The summed E-state index contributed by atoms with van der Waals surface area (Å²) in [4.78, 5) is 11.7. The van der Waals surface area contributed by atoms with Crippen molar-refractivity contribution >= 4 is 5.91 Å². The van der Waals surface area contributed by atoms with E-state index in [0.717, 1.165) is 31.6 Å². The predicted octanol–water partition coefficient (Wildman–Crippen LogP) is 2.47. The zero-order chi connectivity index (χ0) is 13.0. The molecule has 1 N–H and O–H groups in total. The molecule has 3 nitrogen and oxygen atoms in total. The fourth-order valence-corrected chi connectivity index (χ4v) is 2.10. The molecule has 1 amide bonds. The van der Waals surface area contributed by atoms with Crippen molar-refractivity contribution in [1.82, 2.24) is 5.32 Å². The lowest BCUT2D eigenvalue weighted by atomic mass is 10.0. The number of hydrogen-bond donors (Lipinski definition) is 1. The highest BCUT2D eigenvalue weighted by Crippen LogP contribution is 2.26. The number of carbonyl (C=O) groups excluding carboxylic acids is 1. The zero-order valence-corrected chi connectivity index (χ0v) is 11.2. The highest BCUT2D eigenvalue weighted by atomic mass is 16.5. The second kappa shape index (κ2) is 5.89. The largest absolute Gasteiger partial charge is 0.493 e. The number of ether oxygens (including phenoxy) is 1. The number of hydrogen-bond acceptors (Lipinski definition) is 2. The van der Waals surface area contributed by atoms with Crippen LogP contribution in [0.1, 0.15) is 37.8 Å². The molecule has 98 valence electrons. The second-order valence-corrected chi connectivity index (χ2v) is 4.92. The van der Waals surface area contributed by atoms with Gasteiger partial charge in [0.05, 0.1) is 6.61 Å². The molecule has 18 heavy (non-hydrogen) atoms. The Morgan fingerprint density at radius 3 is 3.11 bits per heavy atom. The van der Waals surface area contributed by atoms with Crippen molar-refractivity contribution < 1.29 is 9.53 Å². The Labute approximate surface area is 109 Å². The van der Waals surface area contributed by atoms with Gasteiger partial charge >= 0.3 is 0 Å². The van der Waals surface area contributed by atoms with Crippen molar-refractivity contribution in [1.29, 1.82) is 0 Å². The molecule has 0 radical (unpaired) electrons. The van der Waals surface area contributed by atoms with Crippen molar-refractivity contribution in [2.45, 2.75) is 45.6 Å². The van der Waals surface area contributed by atoms with Gasteiger partial charge in [0.2, 0.25) is 5.91 Å². The van der Waals surface area contributed by atoms with E-state index < -0.39 is 0 Å². The summed E-state index contributed by atoms with van der Waals surface area (Å²) < 4.78 is 5.47. The molecule has 1 aliphatic heterocycles. The third-order valence-electron chi connectivity index (χ3n) is 3.41. The lowest BCUT2D eigenvalue weighted by Crippen LogP contribution is -2.31. The van der Waals surface area contributed by atoms with Gasteiger partial charge in [0.15, 0.2) is 0 Å². The number of rotatable bonds is 5. The molecule has 0 fully saturated rings. The number of aryl methyl sites for hydroxylation is 1. The summed E-state index contributed by atoms with van der Waals surface area (Å²) in [6, 6.07) is 6.51. The number of amides is 1. The summed E-state index contributed by atoms with van der Waals surface area (Å²) in [6.07, 6.45) is 3.32. The zero-order valence-electron chi connectivity index (χ0n) is 11.2. The fraction of sp³-hybridized carbons (Fsp3) is 0.533. The van der Waals surface area contributed by atoms with Crippen LogP contribution in [0, 0.1) is 0 Å². The van der Waals surface area contributed by atoms with Gasteiger partial charge < -0.3 is 10.1 Å². The van der Waals surface area contributed by atoms with Gasteiger partial charge in [-0.2, -0.15) is 0 Å². The maximum Gasteiger partial charge on any atom is 0.220 e. The Morgan fingerprint density at radius 1 is 1.50 bits per heavy atom. The molecule has 0 saturated heterocycles. The Morgan fingerprint density at radius 2 is 2.33 bits per heavy atom. The van der Waals surface area contributed by atoms with Crippen LogP contribution in [-0.2, 0) is 17.6 Å². The second-order valence-electron chi connectivity index (χ2n) is 4.92. The number of benzene rings is 1. The summed E-state index contributed by atoms with van der Waals surface area (Å²) in [5, 5.41) is 2.99. The molecule has 2 rings (SSSR count). The number of carbonyl (C=O) groups is 1. The van der Waals surface area contributed by atoms with Gasteiger partial charge in [-0.15, -0.1) is 0 Å². The van der Waals surface area contributed by atoms with Gasteiger partial charge in [0, 0.05) is 18.9 Å². The van der Waals surface area contributed by atoms with E-state index >= 15 is 0 Å². The highest BCUT2D eigenvalue weighted by molar-refractivity contribution is 5.76. The van der Waals surface area contributed by atoms with Crippen LogP contribution in [0.5, 0.6) is 5.75 Å². The third-order valence-corrected chi connectivity index (χ3v) is 3.41. The standard InChI is InChI=1S/C15H21NO2/c1-3-11(2)16-15(17)7-5-12-4-6-14-13(10-12)8-9-18-14/h4,6,10-11H,3,5,7-9H2,1-2H3,(H,16,17). The molecule has 1 atom stereocenters. The minimum Gasteiger partial charge on any atom is -0.493 e. The van der Waals surface area contributed by atoms with Crippen molar-refractivity contribution in [3.63, 3.8) is 0 Å². The normalized spacial score (nSPS) is 14.8. The maximum absolute atomic E-state index is 11.7. The molecule has 0 saturated carbocycles. The van der Waals surface area contributed by atoms with Gasteiger partial charge in [-0.05, 0) is 37.0 Å². The average molecular weight is 247 g/mol. The smallest absolute Gasteiger partial charge is 0.220 e. The van der Waals surface area contributed by atoms with Gasteiger partial charge in [-0.25, -0.2) is 0 Å². The number of nitrogens with one attached hydrogen (secondary N) is 1. The van der Waals surface area contributed by atoms with E-state index in [0.29, 0.717) is 6.42 Å². The Kier molecular flexibility index (Phi) is 4.24. The first-order valence-corrected chi connectivity index (χ1v) is 6.73. The minimum absolute atomic E-state index is 0.140. The first-order chi connectivity index (χ1) is 8.69. The van der Waals surface area contributed by atoms with Gasteiger partial charge in [0.1, 0.15) is 5.75 Å². The maximum atomic E-state index is 11.7. The van der Waals surface area contributed by atoms with E-state index in [-0.39, 0.29) is 11.9 Å². The lowest BCUT2D eigenvalue weighted by molar-refractivity contribution is -0.121. The molecular weight excluding hydrogens is 226 g/mol. The summed E-state index contributed by atoms with van der Waals surface area (Å²) in [5.74, 6) is 1.14. The summed E-state index contributed by atoms with van der Waals surface area (Å²) in [6.45, 7) is 4.89. The van der Waals surface area contributed by atoms with Crippen LogP contribution < -0.4 is 10.1 Å². The summed E-state index contributed by atoms with van der Waals surface area (Å²) in [7, 11) is 0. The van der Waals surface area contributed by atoms with E-state index in [1.807, 2.05) is 13.0 Å². The Bertz CT molecular complexity index is 429.